The number of nitro groups is 1. The Balaban J connectivity index is 1.54. The number of nitrogens with one attached hydrogen (secondary N) is 1. The molecule has 3 aromatic carbocycles. The first kappa shape index (κ1) is 25.4. The van der Waals surface area contributed by atoms with Crippen molar-refractivity contribution < 1.29 is 19.2 Å². The SMILES string of the molecule is CCn1cc(-c2cc(C(=O)Nc3cc(Oc4ccccc4OC)cc([N+](=O)[O-])c3)c3ccccc3n2)c(C)n1. The molecule has 0 unspecified atom stereocenters. The lowest BCUT2D eigenvalue weighted by molar-refractivity contribution is -0.384. The second-order valence-corrected chi connectivity index (χ2v) is 8.74. The standard InChI is InChI=1S/C29H25N5O5/c1-4-33-17-24(18(2)32-33)26-16-23(22-9-5-6-10-25(22)31-26)29(35)30-19-13-20(34(36)37)15-21(14-19)39-28-12-8-7-11-27(28)38-3/h5-17H,4H2,1-3H3,(H,30,35). The summed E-state index contributed by atoms with van der Waals surface area (Å²) in [6, 6.07) is 20.1. The Morgan fingerprint density at radius 3 is 2.51 bits per heavy atom. The summed E-state index contributed by atoms with van der Waals surface area (Å²) < 4.78 is 13.0. The molecule has 0 saturated heterocycles. The molecule has 1 N–H and O–H groups in total. The van der Waals surface area contributed by atoms with Gasteiger partial charge in [-0.3, -0.25) is 19.6 Å². The summed E-state index contributed by atoms with van der Waals surface area (Å²) in [6.45, 7) is 4.59. The summed E-state index contributed by atoms with van der Waals surface area (Å²) in [4.78, 5) is 29.5. The fraction of sp³-hybridized carbons (Fsp3) is 0.138. The Morgan fingerprint density at radius 1 is 1.05 bits per heavy atom. The Kier molecular flexibility index (Phi) is 6.92. The van der Waals surface area contributed by atoms with Crippen LogP contribution in [0.3, 0.4) is 0 Å². The number of aromatic nitrogens is 3. The number of methoxy groups -OCH3 is 1. The molecule has 0 spiro atoms. The van der Waals surface area contributed by atoms with Crippen molar-refractivity contribution >= 4 is 28.2 Å². The zero-order valence-electron chi connectivity index (χ0n) is 21.5. The normalized spacial score (nSPS) is 10.8. The van der Waals surface area contributed by atoms with Crippen LogP contribution in [0.25, 0.3) is 22.2 Å². The third-order valence-corrected chi connectivity index (χ3v) is 6.16. The summed E-state index contributed by atoms with van der Waals surface area (Å²) in [5.74, 6) is 0.573. The minimum absolute atomic E-state index is 0.173. The predicted octanol–water partition coefficient (Wildman–Crippen LogP) is 6.39. The van der Waals surface area contributed by atoms with Crippen molar-refractivity contribution in [1.29, 1.82) is 0 Å². The number of carbonyl (C=O) groups excluding carboxylic acids is 1. The zero-order valence-corrected chi connectivity index (χ0v) is 21.5. The number of nitrogens with zero attached hydrogens (tertiary/aromatic N) is 4. The number of anilines is 1. The highest BCUT2D eigenvalue weighted by Crippen LogP contribution is 2.35. The second-order valence-electron chi connectivity index (χ2n) is 8.74. The molecule has 0 aliphatic rings. The van der Waals surface area contributed by atoms with Crippen molar-refractivity contribution in [2.24, 2.45) is 0 Å². The van der Waals surface area contributed by atoms with Gasteiger partial charge in [-0.25, -0.2) is 4.98 Å². The van der Waals surface area contributed by atoms with E-state index in [1.807, 2.05) is 49.0 Å². The van der Waals surface area contributed by atoms with Crippen LogP contribution in [0.4, 0.5) is 11.4 Å². The van der Waals surface area contributed by atoms with Crippen LogP contribution in [0.1, 0.15) is 23.0 Å². The van der Waals surface area contributed by atoms with Crippen molar-refractivity contribution in [2.45, 2.75) is 20.4 Å². The van der Waals surface area contributed by atoms with Crippen LogP contribution >= 0.6 is 0 Å². The fourth-order valence-electron chi connectivity index (χ4n) is 4.28. The van der Waals surface area contributed by atoms with Gasteiger partial charge < -0.3 is 14.8 Å². The van der Waals surface area contributed by atoms with Crippen LogP contribution in [-0.2, 0) is 6.54 Å². The van der Waals surface area contributed by atoms with Gasteiger partial charge in [0.1, 0.15) is 5.75 Å². The van der Waals surface area contributed by atoms with Gasteiger partial charge in [0.05, 0.1) is 46.3 Å². The molecule has 0 saturated carbocycles. The minimum Gasteiger partial charge on any atom is -0.493 e. The van der Waals surface area contributed by atoms with Gasteiger partial charge in [-0.15, -0.1) is 0 Å². The van der Waals surface area contributed by atoms with Crippen molar-refractivity contribution in [3.8, 4) is 28.5 Å². The molecule has 1 amide bonds. The number of nitro benzene ring substituents is 1. The summed E-state index contributed by atoms with van der Waals surface area (Å²) in [5.41, 5.74) is 3.20. The van der Waals surface area contributed by atoms with E-state index in [0.717, 1.165) is 11.3 Å². The topological polar surface area (TPSA) is 121 Å². The van der Waals surface area contributed by atoms with E-state index in [0.29, 0.717) is 40.2 Å². The number of hydrogen-bond acceptors (Lipinski definition) is 7. The predicted molar refractivity (Wildman–Crippen MR) is 147 cm³/mol. The number of non-ortho nitro benzene ring substituents is 1. The van der Waals surface area contributed by atoms with E-state index >= 15 is 0 Å². The first-order valence-electron chi connectivity index (χ1n) is 12.2. The van der Waals surface area contributed by atoms with Crippen LogP contribution in [0.15, 0.2) is 79.0 Å². The number of hydrogen-bond donors (Lipinski definition) is 1. The van der Waals surface area contributed by atoms with Crippen molar-refractivity contribution in [3.63, 3.8) is 0 Å². The smallest absolute Gasteiger partial charge is 0.275 e. The van der Waals surface area contributed by atoms with Gasteiger partial charge in [-0.05, 0) is 38.1 Å². The molecule has 2 aromatic heterocycles. The van der Waals surface area contributed by atoms with Crippen LogP contribution in [0, 0.1) is 17.0 Å². The Hall–Kier alpha value is -5.25. The highest BCUT2D eigenvalue weighted by molar-refractivity contribution is 6.13. The molecule has 10 heteroatoms. The van der Waals surface area contributed by atoms with Crippen molar-refractivity contribution in [3.05, 3.63) is 100 Å². The third kappa shape index (κ3) is 5.26. The van der Waals surface area contributed by atoms with Gasteiger partial charge in [-0.2, -0.15) is 5.10 Å². The maximum atomic E-state index is 13.6. The van der Waals surface area contributed by atoms with Crippen molar-refractivity contribution in [2.75, 3.05) is 12.4 Å². The average molecular weight is 524 g/mol. The maximum absolute atomic E-state index is 13.6. The van der Waals surface area contributed by atoms with E-state index < -0.39 is 10.8 Å². The lowest BCUT2D eigenvalue weighted by atomic mass is 10.0. The van der Waals surface area contributed by atoms with Gasteiger partial charge in [0.15, 0.2) is 11.5 Å². The van der Waals surface area contributed by atoms with E-state index in [-0.39, 0.29) is 17.1 Å². The molecule has 0 bridgehead atoms. The summed E-state index contributed by atoms with van der Waals surface area (Å²) in [5, 5.41) is 19.6. The molecule has 0 aliphatic heterocycles. The molecule has 10 nitrogen and oxygen atoms in total. The molecule has 0 radical (unpaired) electrons. The Labute approximate surface area is 224 Å². The number of rotatable bonds is 8. The maximum Gasteiger partial charge on any atom is 0.275 e. The number of pyridine rings is 1. The van der Waals surface area contributed by atoms with Crippen LogP contribution in [0.5, 0.6) is 17.2 Å². The highest BCUT2D eigenvalue weighted by atomic mass is 16.6. The molecule has 0 aliphatic carbocycles. The number of carbonyl (C=O) groups is 1. The van der Waals surface area contributed by atoms with Crippen LogP contribution in [-0.4, -0.2) is 32.7 Å². The van der Waals surface area contributed by atoms with Gasteiger partial charge in [-0.1, -0.05) is 30.3 Å². The van der Waals surface area contributed by atoms with E-state index in [1.54, 1.807) is 30.3 Å². The second kappa shape index (κ2) is 10.6. The number of para-hydroxylation sites is 3. The first-order valence-corrected chi connectivity index (χ1v) is 12.2. The number of fused-ring (bicyclic) bond motifs is 1. The average Bonchev–Trinajstić information content (AvgIpc) is 3.33. The lowest BCUT2D eigenvalue weighted by Gasteiger charge is -2.13. The number of amides is 1. The number of benzene rings is 3. The monoisotopic (exact) mass is 523 g/mol. The minimum atomic E-state index is -0.543. The molecule has 0 fully saturated rings. The third-order valence-electron chi connectivity index (χ3n) is 6.16. The van der Waals surface area contributed by atoms with Gasteiger partial charge >= 0.3 is 0 Å². The molecule has 0 atom stereocenters. The Morgan fingerprint density at radius 2 is 1.79 bits per heavy atom. The quantitative estimate of drug-likeness (QED) is 0.185. The summed E-state index contributed by atoms with van der Waals surface area (Å²) >= 11 is 0. The van der Waals surface area contributed by atoms with Crippen molar-refractivity contribution in [1.82, 2.24) is 14.8 Å². The van der Waals surface area contributed by atoms with E-state index in [2.05, 4.69) is 10.4 Å². The van der Waals surface area contributed by atoms with Crippen LogP contribution < -0.4 is 14.8 Å². The van der Waals surface area contributed by atoms with E-state index in [9.17, 15) is 14.9 Å². The molecule has 5 rings (SSSR count). The van der Waals surface area contributed by atoms with E-state index in [1.165, 1.54) is 25.3 Å². The van der Waals surface area contributed by atoms with Crippen LogP contribution in [0.2, 0.25) is 0 Å². The fourth-order valence-corrected chi connectivity index (χ4v) is 4.28. The molecule has 39 heavy (non-hydrogen) atoms. The molecule has 196 valence electrons. The molecular weight excluding hydrogens is 498 g/mol. The van der Waals surface area contributed by atoms with E-state index in [4.69, 9.17) is 14.5 Å². The lowest BCUT2D eigenvalue weighted by Crippen LogP contribution is -2.13. The highest BCUT2D eigenvalue weighted by Gasteiger charge is 2.19. The number of ether oxygens (including phenoxy) is 2. The van der Waals surface area contributed by atoms with Gasteiger partial charge in [0.2, 0.25) is 0 Å². The molecule has 5 aromatic rings. The van der Waals surface area contributed by atoms with Gasteiger partial charge in [0.25, 0.3) is 11.6 Å². The largest absolute Gasteiger partial charge is 0.493 e. The summed E-state index contributed by atoms with van der Waals surface area (Å²) in [6.07, 6.45) is 1.90. The molecular formula is C29H25N5O5. The summed E-state index contributed by atoms with van der Waals surface area (Å²) in [7, 11) is 1.50. The Bertz CT molecular complexity index is 1710. The number of aryl methyl sites for hydroxylation is 2. The van der Waals surface area contributed by atoms with Gasteiger partial charge in [0, 0.05) is 35.8 Å². The zero-order chi connectivity index (χ0) is 27.5. The molecule has 2 heterocycles. The first-order chi connectivity index (χ1) is 18.9.